The number of hydrogen-bond acceptors (Lipinski definition) is 3. The lowest BCUT2D eigenvalue weighted by atomic mass is 10.0. The molecular formula is C16H20Cl2N4O. The van der Waals surface area contributed by atoms with E-state index in [-0.39, 0.29) is 24.4 Å². The first-order chi connectivity index (χ1) is 10.6. The average molecular weight is 355 g/mol. The molecular weight excluding hydrogens is 335 g/mol. The Bertz CT molecular complexity index is 701. The third-order valence-electron chi connectivity index (χ3n) is 3.99. The van der Waals surface area contributed by atoms with Crippen molar-refractivity contribution in [1.29, 1.82) is 0 Å². The fourth-order valence-electron chi connectivity index (χ4n) is 2.93. The van der Waals surface area contributed by atoms with Gasteiger partial charge in [0.1, 0.15) is 5.69 Å². The summed E-state index contributed by atoms with van der Waals surface area (Å²) in [5, 5.41) is 8.30. The zero-order chi connectivity index (χ0) is 15.7. The van der Waals surface area contributed by atoms with Crippen molar-refractivity contribution >= 4 is 29.9 Å². The molecule has 1 fully saturated rings. The van der Waals surface area contributed by atoms with Crippen molar-refractivity contribution < 1.29 is 4.79 Å². The molecule has 1 aliphatic heterocycles. The molecule has 1 unspecified atom stereocenters. The van der Waals surface area contributed by atoms with E-state index in [4.69, 9.17) is 11.6 Å². The van der Waals surface area contributed by atoms with Gasteiger partial charge in [-0.25, -0.2) is 0 Å². The van der Waals surface area contributed by atoms with Gasteiger partial charge in [0.25, 0.3) is 5.91 Å². The maximum atomic E-state index is 12.9. The summed E-state index contributed by atoms with van der Waals surface area (Å²) in [6.07, 6.45) is 0. The van der Waals surface area contributed by atoms with Crippen LogP contribution in [0.3, 0.4) is 0 Å². The summed E-state index contributed by atoms with van der Waals surface area (Å²) in [6.45, 7) is 4.02. The third-order valence-corrected chi connectivity index (χ3v) is 4.33. The quantitative estimate of drug-likeness (QED) is 0.901. The van der Waals surface area contributed by atoms with Crippen molar-refractivity contribution in [3.05, 3.63) is 52.3 Å². The first kappa shape index (κ1) is 17.8. The number of benzene rings is 1. The van der Waals surface area contributed by atoms with E-state index in [9.17, 15) is 4.79 Å². The lowest BCUT2D eigenvalue weighted by molar-refractivity contribution is 0.0623. The molecule has 0 radical (unpaired) electrons. The summed E-state index contributed by atoms with van der Waals surface area (Å²) >= 11 is 6.33. The van der Waals surface area contributed by atoms with Gasteiger partial charge < -0.3 is 10.2 Å². The van der Waals surface area contributed by atoms with Gasteiger partial charge in [0, 0.05) is 31.7 Å². The molecule has 0 saturated carbocycles. The molecule has 1 amide bonds. The molecule has 23 heavy (non-hydrogen) atoms. The maximum Gasteiger partial charge on any atom is 0.272 e. The molecule has 0 aliphatic carbocycles. The molecule has 2 aromatic rings. The van der Waals surface area contributed by atoms with Crippen LogP contribution < -0.4 is 5.32 Å². The second-order valence-corrected chi connectivity index (χ2v) is 5.94. The summed E-state index contributed by atoms with van der Waals surface area (Å²) in [4.78, 5) is 14.8. The Balaban J connectivity index is 0.00000192. The van der Waals surface area contributed by atoms with E-state index >= 15 is 0 Å². The number of nitrogens with zero attached hydrogens (tertiary/aromatic N) is 3. The van der Waals surface area contributed by atoms with E-state index in [1.807, 2.05) is 42.2 Å². The van der Waals surface area contributed by atoms with E-state index in [0.717, 1.165) is 17.8 Å². The predicted molar refractivity (Wildman–Crippen MR) is 93.3 cm³/mol. The lowest BCUT2D eigenvalue weighted by Gasteiger charge is -2.36. The number of piperazine rings is 1. The number of rotatable bonds is 2. The number of carbonyl (C=O) groups excluding carboxylic acids is 1. The van der Waals surface area contributed by atoms with Crippen molar-refractivity contribution in [3.63, 3.8) is 0 Å². The highest BCUT2D eigenvalue weighted by molar-refractivity contribution is 6.31. The van der Waals surface area contributed by atoms with Crippen LogP contribution in [0, 0.1) is 6.92 Å². The SMILES string of the molecule is Cc1cc(C(=O)N2CCNCC2c2ccccc2Cl)n(C)n1.Cl. The molecule has 3 rings (SSSR count). The molecule has 7 heteroatoms. The maximum absolute atomic E-state index is 12.9. The smallest absolute Gasteiger partial charge is 0.272 e. The van der Waals surface area contributed by atoms with Crippen molar-refractivity contribution in [1.82, 2.24) is 20.0 Å². The largest absolute Gasteiger partial charge is 0.328 e. The Morgan fingerprint density at radius 1 is 1.39 bits per heavy atom. The fourth-order valence-corrected chi connectivity index (χ4v) is 3.19. The van der Waals surface area contributed by atoms with Crippen LogP contribution in [0.4, 0.5) is 0 Å². The van der Waals surface area contributed by atoms with Crippen molar-refractivity contribution in [2.24, 2.45) is 7.05 Å². The van der Waals surface area contributed by atoms with Crippen LogP contribution in [0.5, 0.6) is 0 Å². The highest BCUT2D eigenvalue weighted by atomic mass is 35.5. The first-order valence-electron chi connectivity index (χ1n) is 7.34. The number of aromatic nitrogens is 2. The Morgan fingerprint density at radius 2 is 2.13 bits per heavy atom. The van der Waals surface area contributed by atoms with Gasteiger partial charge in [0.05, 0.1) is 11.7 Å². The number of nitrogens with one attached hydrogen (secondary N) is 1. The molecule has 1 aliphatic rings. The van der Waals surface area contributed by atoms with Crippen LogP contribution in [0.25, 0.3) is 0 Å². The average Bonchev–Trinajstić information content (AvgIpc) is 2.86. The van der Waals surface area contributed by atoms with E-state index in [1.54, 1.807) is 11.7 Å². The number of carbonyl (C=O) groups is 1. The predicted octanol–water partition coefficient (Wildman–Crippen LogP) is 2.59. The van der Waals surface area contributed by atoms with Gasteiger partial charge in [-0.15, -0.1) is 12.4 Å². The van der Waals surface area contributed by atoms with Crippen LogP contribution in [-0.2, 0) is 7.05 Å². The highest BCUT2D eigenvalue weighted by Gasteiger charge is 2.31. The lowest BCUT2D eigenvalue weighted by Crippen LogP contribution is -2.49. The summed E-state index contributed by atoms with van der Waals surface area (Å²) in [5.74, 6) is -0.00507. The van der Waals surface area contributed by atoms with E-state index in [1.165, 1.54) is 0 Å². The molecule has 1 aromatic carbocycles. The molecule has 0 bridgehead atoms. The van der Waals surface area contributed by atoms with Crippen LogP contribution >= 0.6 is 24.0 Å². The van der Waals surface area contributed by atoms with Crippen LogP contribution in [-0.4, -0.2) is 40.2 Å². The van der Waals surface area contributed by atoms with Crippen LogP contribution in [0.15, 0.2) is 30.3 Å². The molecule has 1 atom stereocenters. The van der Waals surface area contributed by atoms with Crippen molar-refractivity contribution in [2.45, 2.75) is 13.0 Å². The number of halogens is 2. The van der Waals surface area contributed by atoms with Gasteiger partial charge in [0.15, 0.2) is 0 Å². The topological polar surface area (TPSA) is 50.2 Å². The number of aryl methyl sites for hydroxylation is 2. The van der Waals surface area contributed by atoms with Gasteiger partial charge in [-0.3, -0.25) is 9.48 Å². The van der Waals surface area contributed by atoms with Gasteiger partial charge >= 0.3 is 0 Å². The third kappa shape index (κ3) is 3.52. The summed E-state index contributed by atoms with van der Waals surface area (Å²) < 4.78 is 1.64. The summed E-state index contributed by atoms with van der Waals surface area (Å²) in [5.41, 5.74) is 2.43. The van der Waals surface area contributed by atoms with Crippen molar-refractivity contribution in [3.8, 4) is 0 Å². The van der Waals surface area contributed by atoms with Gasteiger partial charge in [-0.1, -0.05) is 29.8 Å². The minimum Gasteiger partial charge on any atom is -0.328 e. The Labute approximate surface area is 147 Å². The Kier molecular flexibility index (Phi) is 5.68. The van der Waals surface area contributed by atoms with Crippen molar-refractivity contribution in [2.75, 3.05) is 19.6 Å². The molecule has 2 heterocycles. The zero-order valence-corrected chi connectivity index (χ0v) is 14.7. The van der Waals surface area contributed by atoms with E-state index in [2.05, 4.69) is 10.4 Å². The Morgan fingerprint density at radius 3 is 2.78 bits per heavy atom. The first-order valence-corrected chi connectivity index (χ1v) is 7.72. The molecule has 1 aromatic heterocycles. The van der Waals surface area contributed by atoms with E-state index in [0.29, 0.717) is 23.8 Å². The number of amides is 1. The summed E-state index contributed by atoms with van der Waals surface area (Å²) in [7, 11) is 1.80. The number of hydrogen-bond donors (Lipinski definition) is 1. The van der Waals surface area contributed by atoms with Gasteiger partial charge in [-0.05, 0) is 24.6 Å². The van der Waals surface area contributed by atoms with E-state index < -0.39 is 0 Å². The second-order valence-electron chi connectivity index (χ2n) is 5.53. The zero-order valence-electron chi connectivity index (χ0n) is 13.1. The van der Waals surface area contributed by atoms with Crippen LogP contribution in [0.1, 0.15) is 27.8 Å². The monoisotopic (exact) mass is 354 g/mol. The highest BCUT2D eigenvalue weighted by Crippen LogP contribution is 2.29. The second kappa shape index (κ2) is 7.34. The standard InChI is InChI=1S/C16H19ClN4O.ClH/c1-11-9-14(20(2)19-11)16(22)21-8-7-18-10-15(21)12-5-3-4-6-13(12)17;/h3-6,9,15,18H,7-8,10H2,1-2H3;1H. The molecule has 1 saturated heterocycles. The molecule has 124 valence electrons. The molecule has 1 N–H and O–H groups in total. The molecule has 0 spiro atoms. The minimum absolute atomic E-state index is 0. The normalized spacial score (nSPS) is 17.7. The van der Waals surface area contributed by atoms with Gasteiger partial charge in [-0.2, -0.15) is 5.10 Å². The molecule has 5 nitrogen and oxygen atoms in total. The summed E-state index contributed by atoms with van der Waals surface area (Å²) in [6, 6.07) is 9.46. The fraction of sp³-hybridized carbons (Fsp3) is 0.375. The van der Waals surface area contributed by atoms with Gasteiger partial charge in [0.2, 0.25) is 0 Å². The minimum atomic E-state index is -0.0647. The Hall–Kier alpha value is -1.56. The van der Waals surface area contributed by atoms with Crippen LogP contribution in [0.2, 0.25) is 5.02 Å².